The smallest absolute Gasteiger partial charge is 0.233 e. The summed E-state index contributed by atoms with van der Waals surface area (Å²) < 4.78 is 2.04. The van der Waals surface area contributed by atoms with E-state index in [1.165, 1.54) is 0 Å². The third-order valence-corrected chi connectivity index (χ3v) is 5.44. The van der Waals surface area contributed by atoms with Gasteiger partial charge in [-0.05, 0) is 24.3 Å². The molecule has 0 unspecified atom stereocenters. The first kappa shape index (κ1) is 17.3. The average Bonchev–Trinajstić information content (AvgIpc) is 3.00. The molecule has 5 nitrogen and oxygen atoms in total. The van der Waals surface area contributed by atoms with Crippen molar-refractivity contribution in [2.45, 2.75) is 11.4 Å². The largest absolute Gasteiger partial charge is 0.339 e. The number of rotatable bonds is 5. The van der Waals surface area contributed by atoms with Gasteiger partial charge in [-0.15, -0.1) is 11.8 Å². The van der Waals surface area contributed by atoms with Crippen molar-refractivity contribution in [1.29, 1.82) is 0 Å². The number of nitrogens with zero attached hydrogens (tertiary/aromatic N) is 4. The van der Waals surface area contributed by atoms with Crippen molar-refractivity contribution in [2.75, 3.05) is 31.9 Å². The number of halogens is 1. The van der Waals surface area contributed by atoms with Crippen LogP contribution >= 0.6 is 23.4 Å². The SMILES string of the molecule is Cn1ccnc1CN1CCN(C(=O)CSc2ccc(Cl)cc2)CC1. The van der Waals surface area contributed by atoms with Crippen LogP contribution < -0.4 is 0 Å². The fourth-order valence-electron chi connectivity index (χ4n) is 2.67. The van der Waals surface area contributed by atoms with Gasteiger partial charge in [0.1, 0.15) is 5.82 Å². The predicted octanol–water partition coefficient (Wildman–Crippen LogP) is 2.51. The third kappa shape index (κ3) is 4.53. The van der Waals surface area contributed by atoms with Crippen LogP contribution in [0.4, 0.5) is 0 Å². The van der Waals surface area contributed by atoms with E-state index in [0.29, 0.717) is 5.75 Å². The van der Waals surface area contributed by atoms with Gasteiger partial charge in [-0.25, -0.2) is 4.98 Å². The van der Waals surface area contributed by atoms with Gasteiger partial charge in [-0.2, -0.15) is 0 Å². The number of carbonyl (C=O) groups is 1. The number of imidazole rings is 1. The third-order valence-electron chi connectivity index (χ3n) is 4.19. The molecule has 1 aliphatic heterocycles. The van der Waals surface area contributed by atoms with E-state index in [4.69, 9.17) is 11.6 Å². The molecule has 1 aliphatic rings. The number of aryl methyl sites for hydroxylation is 1. The molecule has 1 saturated heterocycles. The quantitative estimate of drug-likeness (QED) is 0.764. The Morgan fingerprint density at radius 1 is 1.21 bits per heavy atom. The van der Waals surface area contributed by atoms with Crippen LogP contribution in [0.25, 0.3) is 0 Å². The van der Waals surface area contributed by atoms with Crippen molar-refractivity contribution in [3.8, 4) is 0 Å². The van der Waals surface area contributed by atoms with Crippen molar-refractivity contribution in [1.82, 2.24) is 19.4 Å². The first-order chi connectivity index (χ1) is 11.6. The number of aromatic nitrogens is 2. The minimum absolute atomic E-state index is 0.201. The predicted molar refractivity (Wildman–Crippen MR) is 97.2 cm³/mol. The lowest BCUT2D eigenvalue weighted by Crippen LogP contribution is -2.49. The molecule has 1 aromatic carbocycles. The maximum Gasteiger partial charge on any atom is 0.233 e. The van der Waals surface area contributed by atoms with Gasteiger partial charge in [0.05, 0.1) is 12.3 Å². The molecule has 0 bridgehead atoms. The Balaban J connectivity index is 1.43. The van der Waals surface area contributed by atoms with Crippen LogP contribution in [0.5, 0.6) is 0 Å². The molecule has 0 saturated carbocycles. The van der Waals surface area contributed by atoms with E-state index >= 15 is 0 Å². The molecule has 1 aromatic heterocycles. The van der Waals surface area contributed by atoms with Gasteiger partial charge < -0.3 is 9.47 Å². The van der Waals surface area contributed by atoms with Gasteiger partial charge in [0, 0.05) is 55.5 Å². The second-order valence-electron chi connectivity index (χ2n) is 5.85. The number of amides is 1. The van der Waals surface area contributed by atoms with Crippen LogP contribution in [-0.2, 0) is 18.4 Å². The molecule has 7 heteroatoms. The maximum absolute atomic E-state index is 12.4. The minimum Gasteiger partial charge on any atom is -0.339 e. The Morgan fingerprint density at radius 2 is 1.92 bits per heavy atom. The number of benzene rings is 1. The summed E-state index contributed by atoms with van der Waals surface area (Å²) in [6, 6.07) is 7.60. The molecule has 0 spiro atoms. The van der Waals surface area contributed by atoms with E-state index < -0.39 is 0 Å². The Morgan fingerprint density at radius 3 is 2.54 bits per heavy atom. The standard InChI is InChI=1S/C17H21ClN4OS/c1-20-7-6-19-16(20)12-21-8-10-22(11-9-21)17(23)13-24-15-4-2-14(18)3-5-15/h2-7H,8-13H2,1H3. The molecule has 0 N–H and O–H groups in total. The number of thioether (sulfide) groups is 1. The molecule has 1 fully saturated rings. The highest BCUT2D eigenvalue weighted by molar-refractivity contribution is 8.00. The Hall–Kier alpha value is -1.50. The fraction of sp³-hybridized carbons (Fsp3) is 0.412. The highest BCUT2D eigenvalue weighted by Gasteiger charge is 2.21. The van der Waals surface area contributed by atoms with E-state index in [0.717, 1.165) is 48.5 Å². The molecule has 0 aliphatic carbocycles. The fourth-order valence-corrected chi connectivity index (χ4v) is 3.60. The van der Waals surface area contributed by atoms with Crippen LogP contribution in [0.3, 0.4) is 0 Å². The summed E-state index contributed by atoms with van der Waals surface area (Å²) in [5, 5.41) is 0.717. The zero-order valence-electron chi connectivity index (χ0n) is 13.7. The Kier molecular flexibility index (Phi) is 5.81. The van der Waals surface area contributed by atoms with E-state index in [1.807, 2.05) is 53.2 Å². The van der Waals surface area contributed by atoms with Crippen molar-refractivity contribution >= 4 is 29.3 Å². The second kappa shape index (κ2) is 8.05. The Bertz CT molecular complexity index is 680. The molecule has 0 atom stereocenters. The summed E-state index contributed by atoms with van der Waals surface area (Å²) >= 11 is 7.44. The van der Waals surface area contributed by atoms with Crippen molar-refractivity contribution in [3.05, 3.63) is 47.5 Å². The van der Waals surface area contributed by atoms with Crippen LogP contribution in [0, 0.1) is 0 Å². The van der Waals surface area contributed by atoms with Crippen molar-refractivity contribution in [3.63, 3.8) is 0 Å². The normalized spacial score (nSPS) is 15.7. The van der Waals surface area contributed by atoms with Crippen LogP contribution in [0.2, 0.25) is 5.02 Å². The minimum atomic E-state index is 0.201. The van der Waals surface area contributed by atoms with Crippen LogP contribution in [0.1, 0.15) is 5.82 Å². The van der Waals surface area contributed by atoms with Gasteiger partial charge >= 0.3 is 0 Å². The number of hydrogen-bond donors (Lipinski definition) is 0. The summed E-state index contributed by atoms with van der Waals surface area (Å²) in [7, 11) is 2.01. The zero-order chi connectivity index (χ0) is 16.9. The van der Waals surface area contributed by atoms with E-state index in [9.17, 15) is 4.79 Å². The maximum atomic E-state index is 12.4. The molecule has 0 radical (unpaired) electrons. The van der Waals surface area contributed by atoms with Gasteiger partial charge in [0.25, 0.3) is 0 Å². The molecule has 2 aromatic rings. The topological polar surface area (TPSA) is 41.4 Å². The first-order valence-electron chi connectivity index (χ1n) is 7.96. The molecule has 128 valence electrons. The number of piperazine rings is 1. The Labute approximate surface area is 151 Å². The first-order valence-corrected chi connectivity index (χ1v) is 9.33. The van der Waals surface area contributed by atoms with Gasteiger partial charge in [-0.1, -0.05) is 11.6 Å². The lowest BCUT2D eigenvalue weighted by atomic mass is 10.3. The van der Waals surface area contributed by atoms with Crippen LogP contribution in [-0.4, -0.2) is 57.2 Å². The van der Waals surface area contributed by atoms with Gasteiger partial charge in [0.2, 0.25) is 5.91 Å². The molecule has 2 heterocycles. The average molecular weight is 365 g/mol. The lowest BCUT2D eigenvalue weighted by Gasteiger charge is -2.34. The summed E-state index contributed by atoms with van der Waals surface area (Å²) in [5.74, 6) is 1.74. The van der Waals surface area contributed by atoms with Crippen molar-refractivity contribution in [2.24, 2.45) is 7.05 Å². The van der Waals surface area contributed by atoms with E-state index in [2.05, 4.69) is 9.88 Å². The summed E-state index contributed by atoms with van der Waals surface area (Å²) in [4.78, 5) is 22.1. The van der Waals surface area contributed by atoms with Crippen molar-refractivity contribution < 1.29 is 4.79 Å². The van der Waals surface area contributed by atoms with Gasteiger partial charge in [-0.3, -0.25) is 9.69 Å². The lowest BCUT2D eigenvalue weighted by molar-refractivity contribution is -0.130. The molecular formula is C17H21ClN4OS. The summed E-state index contributed by atoms with van der Waals surface area (Å²) in [6.45, 7) is 4.19. The monoisotopic (exact) mass is 364 g/mol. The summed E-state index contributed by atoms with van der Waals surface area (Å²) in [5.41, 5.74) is 0. The van der Waals surface area contributed by atoms with E-state index in [-0.39, 0.29) is 5.91 Å². The molecular weight excluding hydrogens is 344 g/mol. The molecule has 1 amide bonds. The molecule has 3 rings (SSSR count). The second-order valence-corrected chi connectivity index (χ2v) is 7.34. The highest BCUT2D eigenvalue weighted by atomic mass is 35.5. The summed E-state index contributed by atoms with van der Waals surface area (Å²) in [6.07, 6.45) is 3.78. The molecule has 24 heavy (non-hydrogen) atoms. The highest BCUT2D eigenvalue weighted by Crippen LogP contribution is 2.21. The van der Waals surface area contributed by atoms with E-state index in [1.54, 1.807) is 11.8 Å². The number of carbonyl (C=O) groups excluding carboxylic acids is 1. The van der Waals surface area contributed by atoms with Crippen LogP contribution in [0.15, 0.2) is 41.6 Å². The zero-order valence-corrected chi connectivity index (χ0v) is 15.3. The van der Waals surface area contributed by atoms with Gasteiger partial charge in [0.15, 0.2) is 0 Å². The number of hydrogen-bond acceptors (Lipinski definition) is 4.